The highest BCUT2D eigenvalue weighted by atomic mass is 32.1. The van der Waals surface area contributed by atoms with Gasteiger partial charge in [0.25, 0.3) is 0 Å². The quantitative estimate of drug-likeness (QED) is 0.851. The minimum atomic E-state index is 0.315. The molecule has 0 fully saturated rings. The van der Waals surface area contributed by atoms with E-state index in [1.165, 1.54) is 11.1 Å². The Kier molecular flexibility index (Phi) is 3.36. The Bertz CT molecular complexity index is 441. The average molecular weight is 234 g/mol. The second-order valence-electron chi connectivity index (χ2n) is 3.66. The third-order valence-electron chi connectivity index (χ3n) is 2.13. The zero-order valence-corrected chi connectivity index (χ0v) is 9.87. The van der Waals surface area contributed by atoms with Gasteiger partial charge in [0, 0.05) is 17.3 Å². The number of nitrogens with zero attached hydrogens (tertiary/aromatic N) is 2. The lowest BCUT2D eigenvalue weighted by Gasteiger charge is -2.13. The van der Waals surface area contributed by atoms with Gasteiger partial charge in [-0.3, -0.25) is 4.98 Å². The van der Waals surface area contributed by atoms with Crippen LogP contribution in [0.15, 0.2) is 29.9 Å². The van der Waals surface area contributed by atoms with Crippen molar-refractivity contribution in [3.8, 4) is 0 Å². The van der Waals surface area contributed by atoms with Crippen molar-refractivity contribution >= 4 is 23.0 Å². The second kappa shape index (κ2) is 4.94. The molecular formula is C11H14N4S. The van der Waals surface area contributed by atoms with Gasteiger partial charge in [-0.2, -0.15) is 0 Å². The number of nitrogens with one attached hydrogen (secondary N) is 1. The number of nitrogens with two attached hydrogens (primary N) is 1. The van der Waals surface area contributed by atoms with Gasteiger partial charge in [0.05, 0.1) is 12.4 Å². The maximum atomic E-state index is 5.56. The van der Waals surface area contributed by atoms with Crippen molar-refractivity contribution < 1.29 is 0 Å². The molecule has 5 heteroatoms. The largest absolute Gasteiger partial charge is 0.382 e. The van der Waals surface area contributed by atoms with Crippen LogP contribution in [0.3, 0.4) is 0 Å². The van der Waals surface area contributed by atoms with E-state index >= 15 is 0 Å². The zero-order valence-electron chi connectivity index (χ0n) is 9.05. The van der Waals surface area contributed by atoms with E-state index in [2.05, 4.69) is 39.7 Å². The summed E-state index contributed by atoms with van der Waals surface area (Å²) in [6.07, 6.45) is 4.20. The predicted molar refractivity (Wildman–Crippen MR) is 67.6 cm³/mol. The van der Waals surface area contributed by atoms with Crippen molar-refractivity contribution in [3.05, 3.63) is 34.8 Å². The average Bonchev–Trinajstić information content (AvgIpc) is 2.70. The summed E-state index contributed by atoms with van der Waals surface area (Å²) >= 11 is 1.76. The predicted octanol–water partition coefficient (Wildman–Crippen LogP) is 2.16. The van der Waals surface area contributed by atoms with Crippen LogP contribution in [-0.2, 0) is 6.42 Å². The molecular weight excluding hydrogens is 220 g/mol. The molecule has 0 aromatic carbocycles. The zero-order chi connectivity index (χ0) is 11.4. The van der Waals surface area contributed by atoms with Gasteiger partial charge in [-0.25, -0.2) is 4.98 Å². The Morgan fingerprint density at radius 1 is 1.50 bits per heavy atom. The van der Waals surface area contributed by atoms with Crippen LogP contribution in [0.4, 0.5) is 11.6 Å². The van der Waals surface area contributed by atoms with Gasteiger partial charge < -0.3 is 11.1 Å². The Balaban J connectivity index is 1.94. The molecule has 0 aliphatic carbocycles. The van der Waals surface area contributed by atoms with E-state index in [4.69, 9.17) is 5.73 Å². The van der Waals surface area contributed by atoms with Crippen LogP contribution in [-0.4, -0.2) is 16.0 Å². The third kappa shape index (κ3) is 2.93. The van der Waals surface area contributed by atoms with Crippen LogP contribution in [0.1, 0.15) is 11.8 Å². The Morgan fingerprint density at radius 3 is 3.06 bits per heavy atom. The van der Waals surface area contributed by atoms with Crippen molar-refractivity contribution in [3.63, 3.8) is 0 Å². The molecule has 2 rings (SSSR count). The Labute approximate surface area is 98.6 Å². The maximum Gasteiger partial charge on any atom is 0.147 e. The first-order valence-corrected chi connectivity index (χ1v) is 5.98. The molecule has 84 valence electrons. The van der Waals surface area contributed by atoms with Gasteiger partial charge in [-0.15, -0.1) is 11.3 Å². The van der Waals surface area contributed by atoms with Gasteiger partial charge in [0.15, 0.2) is 0 Å². The van der Waals surface area contributed by atoms with Crippen molar-refractivity contribution in [2.45, 2.75) is 19.4 Å². The molecule has 0 aliphatic heterocycles. The summed E-state index contributed by atoms with van der Waals surface area (Å²) < 4.78 is 0. The van der Waals surface area contributed by atoms with Crippen LogP contribution in [0, 0.1) is 0 Å². The fourth-order valence-electron chi connectivity index (χ4n) is 1.48. The van der Waals surface area contributed by atoms with Gasteiger partial charge >= 0.3 is 0 Å². The Morgan fingerprint density at radius 2 is 2.38 bits per heavy atom. The summed E-state index contributed by atoms with van der Waals surface area (Å²) in [6.45, 7) is 2.12. The lowest BCUT2D eigenvalue weighted by atomic mass is 10.2. The van der Waals surface area contributed by atoms with Gasteiger partial charge in [0.1, 0.15) is 11.6 Å². The highest BCUT2D eigenvalue weighted by molar-refractivity contribution is 7.09. The van der Waals surface area contributed by atoms with E-state index in [-0.39, 0.29) is 0 Å². The molecule has 2 heterocycles. The minimum absolute atomic E-state index is 0.315. The standard InChI is InChI=1S/C11H14N4S/c1-8(5-9-3-2-4-16-9)14-11-7-13-6-10(12)15-11/h2-4,6-8H,5H2,1H3,(H3,12,14,15). The molecule has 0 amide bonds. The third-order valence-corrected chi connectivity index (χ3v) is 3.03. The van der Waals surface area contributed by atoms with Crippen molar-refractivity contribution in [1.82, 2.24) is 9.97 Å². The SMILES string of the molecule is CC(Cc1cccs1)Nc1cncc(N)n1. The van der Waals surface area contributed by atoms with Crippen LogP contribution >= 0.6 is 11.3 Å². The first-order chi connectivity index (χ1) is 7.74. The molecule has 2 aromatic rings. The van der Waals surface area contributed by atoms with Crippen molar-refractivity contribution in [2.24, 2.45) is 0 Å². The van der Waals surface area contributed by atoms with E-state index in [0.717, 1.165) is 12.2 Å². The summed E-state index contributed by atoms with van der Waals surface area (Å²) in [6, 6.07) is 4.51. The maximum absolute atomic E-state index is 5.56. The van der Waals surface area contributed by atoms with E-state index in [1.807, 2.05) is 0 Å². The smallest absolute Gasteiger partial charge is 0.147 e. The molecule has 0 saturated heterocycles. The lowest BCUT2D eigenvalue weighted by molar-refractivity contribution is 0.793. The van der Waals surface area contributed by atoms with Crippen molar-refractivity contribution in [1.29, 1.82) is 0 Å². The topological polar surface area (TPSA) is 63.8 Å². The van der Waals surface area contributed by atoms with Crippen LogP contribution < -0.4 is 11.1 Å². The number of rotatable bonds is 4. The summed E-state index contributed by atoms with van der Waals surface area (Å²) in [4.78, 5) is 9.50. The molecule has 1 atom stereocenters. The number of nitrogen functional groups attached to an aromatic ring is 1. The number of thiophene rings is 1. The fourth-order valence-corrected chi connectivity index (χ4v) is 2.32. The number of hydrogen-bond acceptors (Lipinski definition) is 5. The molecule has 0 spiro atoms. The summed E-state index contributed by atoms with van der Waals surface area (Å²) in [5.74, 6) is 1.16. The minimum Gasteiger partial charge on any atom is -0.382 e. The second-order valence-corrected chi connectivity index (χ2v) is 4.69. The molecule has 2 aromatic heterocycles. The summed E-state index contributed by atoms with van der Waals surface area (Å²) in [5.41, 5.74) is 5.56. The normalized spacial score (nSPS) is 12.3. The van der Waals surface area contributed by atoms with Gasteiger partial charge in [-0.05, 0) is 18.4 Å². The number of anilines is 2. The molecule has 0 saturated carbocycles. The highest BCUT2D eigenvalue weighted by Crippen LogP contribution is 2.13. The summed E-state index contributed by atoms with van der Waals surface area (Å²) in [5, 5.41) is 5.36. The highest BCUT2D eigenvalue weighted by Gasteiger charge is 2.05. The number of aromatic nitrogens is 2. The lowest BCUT2D eigenvalue weighted by Crippen LogP contribution is -2.18. The molecule has 1 unspecified atom stereocenters. The summed E-state index contributed by atoms with van der Waals surface area (Å²) in [7, 11) is 0. The monoisotopic (exact) mass is 234 g/mol. The molecule has 0 aliphatic rings. The van der Waals surface area contributed by atoms with E-state index in [0.29, 0.717) is 11.9 Å². The number of hydrogen-bond donors (Lipinski definition) is 2. The molecule has 0 radical (unpaired) electrons. The van der Waals surface area contributed by atoms with E-state index in [9.17, 15) is 0 Å². The van der Waals surface area contributed by atoms with Crippen LogP contribution in [0.25, 0.3) is 0 Å². The Hall–Kier alpha value is -1.62. The van der Waals surface area contributed by atoms with Crippen molar-refractivity contribution in [2.75, 3.05) is 11.1 Å². The first-order valence-electron chi connectivity index (χ1n) is 5.10. The fraction of sp³-hybridized carbons (Fsp3) is 0.273. The molecule has 0 bridgehead atoms. The van der Waals surface area contributed by atoms with E-state index in [1.54, 1.807) is 17.5 Å². The van der Waals surface area contributed by atoms with E-state index < -0.39 is 0 Å². The molecule has 16 heavy (non-hydrogen) atoms. The van der Waals surface area contributed by atoms with Gasteiger partial charge in [0.2, 0.25) is 0 Å². The van der Waals surface area contributed by atoms with Gasteiger partial charge in [-0.1, -0.05) is 6.07 Å². The van der Waals surface area contributed by atoms with Crippen LogP contribution in [0.5, 0.6) is 0 Å². The molecule has 4 nitrogen and oxygen atoms in total. The first kappa shape index (κ1) is 10.9. The van der Waals surface area contributed by atoms with Crippen LogP contribution in [0.2, 0.25) is 0 Å². The molecule has 3 N–H and O–H groups in total.